The van der Waals surface area contributed by atoms with Gasteiger partial charge in [-0.05, 0) is 18.2 Å². The summed E-state index contributed by atoms with van der Waals surface area (Å²) in [7, 11) is 0. The quantitative estimate of drug-likeness (QED) is 0.874. The lowest BCUT2D eigenvalue weighted by Crippen LogP contribution is -2.09. The van der Waals surface area contributed by atoms with Crippen LogP contribution in [0.4, 0.5) is 8.78 Å². The zero-order valence-corrected chi connectivity index (χ0v) is 8.17. The normalized spacial score (nSPS) is 10.4. The summed E-state index contributed by atoms with van der Waals surface area (Å²) in [5, 5.41) is 8.23. The van der Waals surface area contributed by atoms with Gasteiger partial charge >= 0.3 is 5.97 Å². The minimum Gasteiger partial charge on any atom is -0.482 e. The molecule has 0 heterocycles. The number of alkyl halides is 2. The first-order valence-corrected chi connectivity index (χ1v) is 4.30. The highest BCUT2D eigenvalue weighted by atomic mass is 35.5. The van der Waals surface area contributed by atoms with Crippen LogP contribution in [0.15, 0.2) is 18.2 Å². The van der Waals surface area contributed by atoms with Crippen molar-refractivity contribution in [2.75, 3.05) is 6.61 Å². The van der Waals surface area contributed by atoms with Crippen molar-refractivity contribution in [1.29, 1.82) is 0 Å². The first-order valence-electron chi connectivity index (χ1n) is 3.93. The van der Waals surface area contributed by atoms with Crippen LogP contribution >= 0.6 is 11.6 Å². The van der Waals surface area contributed by atoms with Crippen molar-refractivity contribution >= 4 is 17.6 Å². The van der Waals surface area contributed by atoms with Gasteiger partial charge in [-0.3, -0.25) is 0 Å². The number of aliphatic carboxylic acids is 1. The molecular weight excluding hydrogens is 230 g/mol. The standard InChI is InChI=1S/C9H7ClF2O3/c10-7-2-1-5(15-4-8(13)14)3-6(7)9(11)12/h1-3,9H,4H2,(H,13,14). The van der Waals surface area contributed by atoms with Crippen molar-refractivity contribution in [1.82, 2.24) is 0 Å². The average Bonchev–Trinajstić information content (AvgIpc) is 2.16. The summed E-state index contributed by atoms with van der Waals surface area (Å²) in [6.07, 6.45) is -2.72. The fourth-order valence-corrected chi connectivity index (χ4v) is 1.12. The van der Waals surface area contributed by atoms with Crippen LogP contribution in [-0.4, -0.2) is 17.7 Å². The summed E-state index contributed by atoms with van der Waals surface area (Å²) < 4.78 is 29.4. The molecule has 82 valence electrons. The molecule has 1 aromatic carbocycles. The van der Waals surface area contributed by atoms with Gasteiger partial charge in [0.05, 0.1) is 0 Å². The molecule has 0 unspecified atom stereocenters. The molecule has 3 nitrogen and oxygen atoms in total. The number of carboxylic acids is 1. The molecule has 1 rings (SSSR count). The van der Waals surface area contributed by atoms with Gasteiger partial charge in [0.1, 0.15) is 5.75 Å². The summed E-state index contributed by atoms with van der Waals surface area (Å²) >= 11 is 5.50. The Hall–Kier alpha value is -1.36. The number of hydrogen-bond acceptors (Lipinski definition) is 2. The number of benzene rings is 1. The van der Waals surface area contributed by atoms with Gasteiger partial charge in [0.15, 0.2) is 6.61 Å². The molecule has 6 heteroatoms. The smallest absolute Gasteiger partial charge is 0.341 e. The van der Waals surface area contributed by atoms with E-state index in [2.05, 4.69) is 0 Å². The number of ether oxygens (including phenoxy) is 1. The minimum absolute atomic E-state index is 0.0529. The largest absolute Gasteiger partial charge is 0.482 e. The lowest BCUT2D eigenvalue weighted by atomic mass is 10.2. The van der Waals surface area contributed by atoms with Crippen LogP contribution in [0.2, 0.25) is 5.02 Å². The van der Waals surface area contributed by atoms with Crippen LogP contribution in [-0.2, 0) is 4.79 Å². The van der Waals surface area contributed by atoms with E-state index in [-0.39, 0.29) is 16.3 Å². The number of carboxylic acid groups (broad SMARTS) is 1. The fraction of sp³-hybridized carbons (Fsp3) is 0.222. The van der Waals surface area contributed by atoms with Crippen LogP contribution in [0, 0.1) is 0 Å². The van der Waals surface area contributed by atoms with Crippen molar-refractivity contribution in [3.8, 4) is 5.75 Å². The van der Waals surface area contributed by atoms with Crippen molar-refractivity contribution in [2.24, 2.45) is 0 Å². The molecule has 0 atom stereocenters. The second kappa shape index (κ2) is 4.93. The fourth-order valence-electron chi connectivity index (χ4n) is 0.924. The molecule has 0 radical (unpaired) electrons. The monoisotopic (exact) mass is 236 g/mol. The molecule has 0 aromatic heterocycles. The zero-order valence-electron chi connectivity index (χ0n) is 7.41. The number of rotatable bonds is 4. The van der Waals surface area contributed by atoms with E-state index in [0.717, 1.165) is 6.07 Å². The van der Waals surface area contributed by atoms with E-state index in [1.807, 2.05) is 0 Å². The number of carbonyl (C=O) groups is 1. The highest BCUT2D eigenvalue weighted by molar-refractivity contribution is 6.31. The summed E-state index contributed by atoms with van der Waals surface area (Å²) in [5.74, 6) is -1.12. The van der Waals surface area contributed by atoms with Gasteiger partial charge in [0.2, 0.25) is 0 Å². The molecule has 0 spiro atoms. The molecule has 0 saturated heterocycles. The molecule has 0 amide bonds. The molecule has 0 fully saturated rings. The molecule has 0 aliphatic carbocycles. The third kappa shape index (κ3) is 3.36. The molecule has 0 aliphatic rings. The van der Waals surface area contributed by atoms with Gasteiger partial charge in [-0.2, -0.15) is 0 Å². The minimum atomic E-state index is -2.72. The Morgan fingerprint density at radius 3 is 2.73 bits per heavy atom. The third-order valence-corrected chi connectivity index (χ3v) is 1.91. The molecule has 15 heavy (non-hydrogen) atoms. The first kappa shape index (κ1) is 11.7. The van der Waals surface area contributed by atoms with E-state index in [0.29, 0.717) is 0 Å². The lowest BCUT2D eigenvalue weighted by Gasteiger charge is -2.07. The van der Waals surface area contributed by atoms with E-state index in [1.54, 1.807) is 0 Å². The summed E-state index contributed by atoms with van der Waals surface area (Å²) in [5.41, 5.74) is -0.375. The van der Waals surface area contributed by atoms with E-state index in [9.17, 15) is 13.6 Å². The molecule has 0 bridgehead atoms. The van der Waals surface area contributed by atoms with Crippen molar-refractivity contribution in [3.05, 3.63) is 28.8 Å². The Balaban J connectivity index is 2.83. The molecular formula is C9H7ClF2O3. The Morgan fingerprint density at radius 2 is 2.20 bits per heavy atom. The van der Waals surface area contributed by atoms with Crippen LogP contribution < -0.4 is 4.74 Å². The predicted molar refractivity (Wildman–Crippen MR) is 49.5 cm³/mol. The molecule has 0 saturated carbocycles. The van der Waals surface area contributed by atoms with E-state index in [4.69, 9.17) is 21.4 Å². The summed E-state index contributed by atoms with van der Waals surface area (Å²) in [4.78, 5) is 10.2. The van der Waals surface area contributed by atoms with Gasteiger partial charge in [-0.1, -0.05) is 11.6 Å². The van der Waals surface area contributed by atoms with Gasteiger partial charge in [0, 0.05) is 10.6 Å². The maximum atomic E-state index is 12.4. The molecule has 1 N–H and O–H groups in total. The van der Waals surface area contributed by atoms with Crippen LogP contribution in [0.25, 0.3) is 0 Å². The SMILES string of the molecule is O=C(O)COc1ccc(Cl)c(C(F)F)c1. The van der Waals surface area contributed by atoms with Crippen LogP contribution in [0.5, 0.6) is 5.75 Å². The van der Waals surface area contributed by atoms with Gasteiger partial charge < -0.3 is 9.84 Å². The van der Waals surface area contributed by atoms with Gasteiger partial charge in [0.25, 0.3) is 6.43 Å². The summed E-state index contributed by atoms with van der Waals surface area (Å²) in [6.45, 7) is -0.579. The Kier molecular flexibility index (Phi) is 3.85. The molecule has 0 aliphatic heterocycles. The number of halogens is 3. The van der Waals surface area contributed by atoms with Gasteiger partial charge in [-0.25, -0.2) is 13.6 Å². The Bertz CT molecular complexity index is 368. The second-order valence-corrected chi connectivity index (χ2v) is 3.07. The first-order chi connectivity index (χ1) is 7.00. The summed E-state index contributed by atoms with van der Waals surface area (Å²) in [6, 6.07) is 3.59. The lowest BCUT2D eigenvalue weighted by molar-refractivity contribution is -0.139. The van der Waals surface area contributed by atoms with E-state index < -0.39 is 19.0 Å². The van der Waals surface area contributed by atoms with Crippen LogP contribution in [0.3, 0.4) is 0 Å². The average molecular weight is 237 g/mol. The van der Waals surface area contributed by atoms with E-state index >= 15 is 0 Å². The Labute approximate surface area is 89.2 Å². The third-order valence-electron chi connectivity index (χ3n) is 1.56. The highest BCUT2D eigenvalue weighted by Gasteiger charge is 2.13. The van der Waals surface area contributed by atoms with Crippen LogP contribution in [0.1, 0.15) is 12.0 Å². The van der Waals surface area contributed by atoms with Crippen molar-refractivity contribution in [3.63, 3.8) is 0 Å². The zero-order chi connectivity index (χ0) is 11.4. The van der Waals surface area contributed by atoms with Crippen molar-refractivity contribution < 1.29 is 23.4 Å². The topological polar surface area (TPSA) is 46.5 Å². The predicted octanol–water partition coefficient (Wildman–Crippen LogP) is 2.74. The molecule has 1 aromatic rings. The maximum absolute atomic E-state index is 12.4. The van der Waals surface area contributed by atoms with Crippen molar-refractivity contribution in [2.45, 2.75) is 6.43 Å². The number of hydrogen-bond donors (Lipinski definition) is 1. The van der Waals surface area contributed by atoms with Gasteiger partial charge in [-0.15, -0.1) is 0 Å². The Morgan fingerprint density at radius 1 is 1.53 bits per heavy atom. The van der Waals surface area contributed by atoms with E-state index in [1.165, 1.54) is 12.1 Å². The maximum Gasteiger partial charge on any atom is 0.341 e. The highest BCUT2D eigenvalue weighted by Crippen LogP contribution is 2.30. The second-order valence-electron chi connectivity index (χ2n) is 2.67.